The van der Waals surface area contributed by atoms with Crippen LogP contribution in [0.2, 0.25) is 0 Å². The van der Waals surface area contributed by atoms with Crippen LogP contribution < -0.4 is 19.1 Å². The lowest BCUT2D eigenvalue weighted by Crippen LogP contribution is -2.29. The fraction of sp³-hybridized carbons (Fsp3) is 0.154. The first kappa shape index (κ1) is 22.0. The number of nitrogens with zero attached hydrogens (tertiary/aromatic N) is 1. The van der Waals surface area contributed by atoms with Crippen LogP contribution in [0.15, 0.2) is 78.4 Å². The van der Waals surface area contributed by atoms with Crippen molar-refractivity contribution in [3.63, 3.8) is 0 Å². The highest BCUT2D eigenvalue weighted by molar-refractivity contribution is 6.51. The average molecular weight is 445 g/mol. The molecule has 1 atom stereocenters. The van der Waals surface area contributed by atoms with Gasteiger partial charge in [-0.1, -0.05) is 12.1 Å². The molecule has 168 valence electrons. The van der Waals surface area contributed by atoms with Gasteiger partial charge in [-0.15, -0.1) is 0 Å². The standard InChI is InChI=1S/C26H23NO6/c1-31-19-10-4-16(5-11-19)23-22(24(28)17-6-12-20(32-2)13-7-17)25(29)26(30)27(23)18-8-14-21(33-3)15-9-18/h4-15,23,28H,1-3H3. The molecule has 0 aliphatic carbocycles. The van der Waals surface area contributed by atoms with Crippen molar-refractivity contribution in [3.8, 4) is 17.2 Å². The number of ether oxygens (including phenoxy) is 3. The largest absolute Gasteiger partial charge is 0.507 e. The van der Waals surface area contributed by atoms with Gasteiger partial charge in [-0.25, -0.2) is 0 Å². The number of amides is 1. The monoisotopic (exact) mass is 445 g/mol. The summed E-state index contributed by atoms with van der Waals surface area (Å²) >= 11 is 0. The van der Waals surface area contributed by atoms with Crippen molar-refractivity contribution < 1.29 is 28.9 Å². The number of hydrogen-bond acceptors (Lipinski definition) is 6. The zero-order chi connectivity index (χ0) is 23.5. The molecule has 1 saturated heterocycles. The van der Waals surface area contributed by atoms with Gasteiger partial charge in [0.05, 0.1) is 32.9 Å². The van der Waals surface area contributed by atoms with Crippen LogP contribution >= 0.6 is 0 Å². The van der Waals surface area contributed by atoms with E-state index in [0.717, 1.165) is 0 Å². The zero-order valence-electron chi connectivity index (χ0n) is 18.4. The number of benzene rings is 3. The molecular formula is C26H23NO6. The second-order valence-corrected chi connectivity index (χ2v) is 7.37. The second kappa shape index (κ2) is 9.08. The van der Waals surface area contributed by atoms with Crippen LogP contribution in [0, 0.1) is 0 Å². The number of carbonyl (C=O) groups is 2. The number of carbonyl (C=O) groups excluding carboxylic acids is 2. The molecule has 33 heavy (non-hydrogen) atoms. The second-order valence-electron chi connectivity index (χ2n) is 7.37. The van der Waals surface area contributed by atoms with E-state index in [2.05, 4.69) is 0 Å². The summed E-state index contributed by atoms with van der Waals surface area (Å²) in [5, 5.41) is 11.1. The Bertz CT molecular complexity index is 1200. The minimum Gasteiger partial charge on any atom is -0.507 e. The van der Waals surface area contributed by atoms with E-state index >= 15 is 0 Å². The van der Waals surface area contributed by atoms with E-state index in [4.69, 9.17) is 14.2 Å². The number of hydrogen-bond donors (Lipinski definition) is 1. The summed E-state index contributed by atoms with van der Waals surface area (Å²) in [4.78, 5) is 27.7. The van der Waals surface area contributed by atoms with Gasteiger partial charge in [0, 0.05) is 11.3 Å². The molecular weight excluding hydrogens is 422 g/mol. The zero-order valence-corrected chi connectivity index (χ0v) is 18.4. The SMILES string of the molecule is COc1ccc(C(O)=C2C(=O)C(=O)N(c3ccc(OC)cc3)C2c2ccc(OC)cc2)cc1. The van der Waals surface area contributed by atoms with E-state index in [9.17, 15) is 14.7 Å². The maximum absolute atomic E-state index is 13.2. The smallest absolute Gasteiger partial charge is 0.300 e. The molecule has 1 heterocycles. The van der Waals surface area contributed by atoms with Crippen LogP contribution in [0.25, 0.3) is 5.76 Å². The predicted molar refractivity (Wildman–Crippen MR) is 124 cm³/mol. The number of aliphatic hydroxyl groups excluding tert-OH is 1. The lowest BCUT2D eigenvalue weighted by atomic mass is 9.95. The van der Waals surface area contributed by atoms with Crippen molar-refractivity contribution in [2.45, 2.75) is 6.04 Å². The molecule has 1 fully saturated rings. The van der Waals surface area contributed by atoms with Gasteiger partial charge in [-0.3, -0.25) is 14.5 Å². The normalized spacial score (nSPS) is 17.2. The van der Waals surface area contributed by atoms with Gasteiger partial charge in [0.1, 0.15) is 23.0 Å². The number of Topliss-reactive ketones (excluding diaryl/α,β-unsaturated/α-hetero) is 1. The van der Waals surface area contributed by atoms with E-state index in [0.29, 0.717) is 34.1 Å². The van der Waals surface area contributed by atoms with E-state index in [1.54, 1.807) is 94.1 Å². The van der Waals surface area contributed by atoms with Crippen molar-refractivity contribution in [1.82, 2.24) is 0 Å². The maximum Gasteiger partial charge on any atom is 0.300 e. The summed E-state index contributed by atoms with van der Waals surface area (Å²) in [5.74, 6) is 0.116. The molecule has 3 aromatic rings. The van der Waals surface area contributed by atoms with Gasteiger partial charge in [0.25, 0.3) is 11.7 Å². The number of ketones is 1. The molecule has 0 aromatic heterocycles. The molecule has 1 aliphatic rings. The highest BCUT2D eigenvalue weighted by Crippen LogP contribution is 2.42. The van der Waals surface area contributed by atoms with Crippen LogP contribution in [-0.4, -0.2) is 38.1 Å². The average Bonchev–Trinajstić information content (AvgIpc) is 3.14. The first-order chi connectivity index (χ1) is 16.0. The van der Waals surface area contributed by atoms with Crippen LogP contribution in [0.1, 0.15) is 17.2 Å². The minimum atomic E-state index is -0.827. The lowest BCUT2D eigenvalue weighted by molar-refractivity contribution is -0.132. The molecule has 1 unspecified atom stereocenters. The van der Waals surface area contributed by atoms with Crippen molar-refractivity contribution >= 4 is 23.1 Å². The molecule has 1 N–H and O–H groups in total. The minimum absolute atomic E-state index is 0.00570. The third-order valence-corrected chi connectivity index (χ3v) is 5.59. The summed E-state index contributed by atoms with van der Waals surface area (Å²) < 4.78 is 15.6. The van der Waals surface area contributed by atoms with Gasteiger partial charge in [0.2, 0.25) is 0 Å². The molecule has 0 radical (unpaired) electrons. The first-order valence-corrected chi connectivity index (χ1v) is 10.2. The van der Waals surface area contributed by atoms with Gasteiger partial charge < -0.3 is 19.3 Å². The molecule has 1 amide bonds. The van der Waals surface area contributed by atoms with Gasteiger partial charge in [-0.2, -0.15) is 0 Å². The third-order valence-electron chi connectivity index (χ3n) is 5.59. The molecule has 1 aliphatic heterocycles. The Morgan fingerprint density at radius 1 is 0.727 bits per heavy atom. The van der Waals surface area contributed by atoms with Crippen LogP contribution in [0.5, 0.6) is 17.2 Å². The Morgan fingerprint density at radius 2 is 1.18 bits per heavy atom. The molecule has 7 nitrogen and oxygen atoms in total. The Labute approximate surface area is 191 Å². The summed E-state index contributed by atoms with van der Waals surface area (Å²) in [5.41, 5.74) is 1.57. The van der Waals surface area contributed by atoms with Crippen molar-refractivity contribution in [3.05, 3.63) is 89.5 Å². The Hall–Kier alpha value is -4.26. The van der Waals surface area contributed by atoms with Gasteiger partial charge >= 0.3 is 0 Å². The van der Waals surface area contributed by atoms with Crippen molar-refractivity contribution in [2.75, 3.05) is 26.2 Å². The molecule has 0 saturated carbocycles. The number of aliphatic hydroxyl groups is 1. The number of anilines is 1. The van der Waals surface area contributed by atoms with E-state index in [1.165, 1.54) is 4.90 Å². The van der Waals surface area contributed by atoms with Crippen molar-refractivity contribution in [2.24, 2.45) is 0 Å². The van der Waals surface area contributed by atoms with Gasteiger partial charge in [0.15, 0.2) is 0 Å². The number of rotatable bonds is 6. The molecule has 4 rings (SSSR count). The predicted octanol–water partition coefficient (Wildman–Crippen LogP) is 4.34. The quantitative estimate of drug-likeness (QED) is 0.345. The van der Waals surface area contributed by atoms with E-state index < -0.39 is 17.7 Å². The van der Waals surface area contributed by atoms with Crippen molar-refractivity contribution in [1.29, 1.82) is 0 Å². The molecule has 0 bridgehead atoms. The fourth-order valence-corrected chi connectivity index (χ4v) is 3.85. The van der Waals surface area contributed by atoms with E-state index in [-0.39, 0.29) is 11.3 Å². The summed E-state index contributed by atoms with van der Waals surface area (Å²) in [6.45, 7) is 0. The van der Waals surface area contributed by atoms with E-state index in [1.807, 2.05) is 0 Å². The molecule has 7 heteroatoms. The maximum atomic E-state index is 13.2. The topological polar surface area (TPSA) is 85.3 Å². The molecule has 0 spiro atoms. The summed E-state index contributed by atoms with van der Waals surface area (Å²) in [7, 11) is 4.65. The third kappa shape index (κ3) is 4.01. The highest BCUT2D eigenvalue weighted by atomic mass is 16.5. The summed E-state index contributed by atoms with van der Waals surface area (Å²) in [6.07, 6.45) is 0. The summed E-state index contributed by atoms with van der Waals surface area (Å²) in [6, 6.07) is 19.7. The van der Waals surface area contributed by atoms with Crippen LogP contribution in [-0.2, 0) is 9.59 Å². The lowest BCUT2D eigenvalue weighted by Gasteiger charge is -2.25. The molecule has 3 aromatic carbocycles. The van der Waals surface area contributed by atoms with Crippen LogP contribution in [0.3, 0.4) is 0 Å². The fourth-order valence-electron chi connectivity index (χ4n) is 3.85. The first-order valence-electron chi connectivity index (χ1n) is 10.2. The number of methoxy groups -OCH3 is 3. The van der Waals surface area contributed by atoms with Crippen LogP contribution in [0.4, 0.5) is 5.69 Å². The Morgan fingerprint density at radius 3 is 1.67 bits per heavy atom. The van der Waals surface area contributed by atoms with Gasteiger partial charge in [-0.05, 0) is 66.2 Å². The Kier molecular flexibility index (Phi) is 6.04. The Balaban J connectivity index is 1.89. The highest BCUT2D eigenvalue weighted by Gasteiger charge is 2.47.